The Morgan fingerprint density at radius 1 is 1.33 bits per heavy atom. The van der Waals surface area contributed by atoms with Gasteiger partial charge < -0.3 is 5.32 Å². The predicted octanol–water partition coefficient (Wildman–Crippen LogP) is 3.56. The normalized spacial score (nSPS) is 24.0. The zero-order valence-corrected chi connectivity index (χ0v) is 13.4. The third-order valence-electron chi connectivity index (χ3n) is 4.81. The van der Waals surface area contributed by atoms with E-state index in [1.807, 2.05) is 0 Å². The molecule has 2 atom stereocenters. The molecule has 21 heavy (non-hydrogen) atoms. The lowest BCUT2D eigenvalue weighted by Crippen LogP contribution is -2.62. The van der Waals surface area contributed by atoms with E-state index in [1.165, 1.54) is 18.2 Å². The fourth-order valence-electron chi connectivity index (χ4n) is 2.86. The average Bonchev–Trinajstić information content (AvgIpc) is 2.43. The molecule has 0 saturated carbocycles. The van der Waals surface area contributed by atoms with Crippen molar-refractivity contribution in [1.82, 2.24) is 10.2 Å². The molecule has 4 heteroatoms. The van der Waals surface area contributed by atoms with Crippen LogP contribution < -0.4 is 5.32 Å². The summed E-state index contributed by atoms with van der Waals surface area (Å²) in [6, 6.07) is 4.45. The molecule has 0 aliphatic carbocycles. The van der Waals surface area contributed by atoms with Gasteiger partial charge in [0.15, 0.2) is 0 Å². The smallest absolute Gasteiger partial charge is 0.130 e. The maximum Gasteiger partial charge on any atom is 0.130 e. The van der Waals surface area contributed by atoms with Crippen molar-refractivity contribution in [2.75, 3.05) is 13.1 Å². The van der Waals surface area contributed by atoms with E-state index >= 15 is 0 Å². The fraction of sp³-hybridized carbons (Fsp3) is 0.647. The van der Waals surface area contributed by atoms with E-state index in [2.05, 4.69) is 37.9 Å². The Bertz CT molecular complexity index is 467. The molecule has 1 aromatic carbocycles. The summed E-state index contributed by atoms with van der Waals surface area (Å²) in [5.74, 6) is -0.358. The highest BCUT2D eigenvalue weighted by molar-refractivity contribution is 5.20. The van der Waals surface area contributed by atoms with Crippen molar-refractivity contribution in [3.8, 4) is 0 Å². The van der Waals surface area contributed by atoms with Crippen LogP contribution in [0.1, 0.15) is 39.7 Å². The largest absolute Gasteiger partial charge is 0.311 e. The molecule has 0 bridgehead atoms. The van der Waals surface area contributed by atoms with E-state index in [4.69, 9.17) is 0 Å². The topological polar surface area (TPSA) is 15.3 Å². The van der Waals surface area contributed by atoms with Gasteiger partial charge in [-0.25, -0.2) is 8.78 Å². The minimum Gasteiger partial charge on any atom is -0.311 e. The molecule has 118 valence electrons. The molecule has 1 saturated heterocycles. The summed E-state index contributed by atoms with van der Waals surface area (Å²) in [6.07, 6.45) is 1.10. The van der Waals surface area contributed by atoms with Crippen LogP contribution in [0.15, 0.2) is 18.2 Å². The van der Waals surface area contributed by atoms with Crippen LogP contribution in [-0.4, -0.2) is 29.6 Å². The highest BCUT2D eigenvalue weighted by Crippen LogP contribution is 2.26. The minimum atomic E-state index is -0.454. The van der Waals surface area contributed by atoms with Gasteiger partial charge in [0.1, 0.15) is 11.6 Å². The molecule has 1 N–H and O–H groups in total. The summed E-state index contributed by atoms with van der Waals surface area (Å²) in [5.41, 5.74) is 0.0639. The molecule has 2 unspecified atom stereocenters. The first-order chi connectivity index (χ1) is 9.85. The van der Waals surface area contributed by atoms with E-state index in [-0.39, 0.29) is 11.1 Å². The number of benzene rings is 1. The summed E-state index contributed by atoms with van der Waals surface area (Å²) < 4.78 is 27.8. The molecule has 0 aromatic heterocycles. The number of halogens is 2. The van der Waals surface area contributed by atoms with Gasteiger partial charge >= 0.3 is 0 Å². The summed E-state index contributed by atoms with van der Waals surface area (Å²) in [4.78, 5) is 2.20. The molecule has 1 aliphatic rings. The zero-order valence-electron chi connectivity index (χ0n) is 13.4. The van der Waals surface area contributed by atoms with Gasteiger partial charge in [-0.05, 0) is 31.9 Å². The third-order valence-corrected chi connectivity index (χ3v) is 4.81. The second kappa shape index (κ2) is 6.41. The van der Waals surface area contributed by atoms with E-state index in [9.17, 15) is 8.78 Å². The van der Waals surface area contributed by atoms with E-state index in [0.29, 0.717) is 18.5 Å². The summed E-state index contributed by atoms with van der Waals surface area (Å²) in [6.45, 7) is 10.6. The van der Waals surface area contributed by atoms with Crippen molar-refractivity contribution in [2.45, 2.75) is 52.2 Å². The van der Waals surface area contributed by atoms with Crippen LogP contribution in [0.3, 0.4) is 0 Å². The molecule has 1 heterocycles. The third kappa shape index (κ3) is 3.61. The van der Waals surface area contributed by atoms with Crippen LogP contribution >= 0.6 is 0 Å². The lowest BCUT2D eigenvalue weighted by atomic mass is 9.90. The molecular formula is C17H26F2N2. The number of nitrogens with one attached hydrogen (secondary N) is 1. The fourth-order valence-corrected chi connectivity index (χ4v) is 2.86. The highest BCUT2D eigenvalue weighted by atomic mass is 19.1. The Labute approximate surface area is 126 Å². The van der Waals surface area contributed by atoms with Crippen molar-refractivity contribution in [3.63, 3.8) is 0 Å². The van der Waals surface area contributed by atoms with E-state index in [1.54, 1.807) is 0 Å². The summed E-state index contributed by atoms with van der Waals surface area (Å²) >= 11 is 0. The zero-order chi connectivity index (χ0) is 15.6. The number of piperazine rings is 1. The Morgan fingerprint density at radius 3 is 2.52 bits per heavy atom. The molecule has 1 aliphatic heterocycles. The van der Waals surface area contributed by atoms with E-state index in [0.717, 1.165) is 19.5 Å². The van der Waals surface area contributed by atoms with Crippen molar-refractivity contribution >= 4 is 0 Å². The molecule has 0 amide bonds. The monoisotopic (exact) mass is 296 g/mol. The van der Waals surface area contributed by atoms with Gasteiger partial charge in [0.25, 0.3) is 0 Å². The highest BCUT2D eigenvalue weighted by Gasteiger charge is 2.36. The van der Waals surface area contributed by atoms with Gasteiger partial charge in [0, 0.05) is 36.8 Å². The summed E-state index contributed by atoms with van der Waals surface area (Å²) in [7, 11) is 0. The summed E-state index contributed by atoms with van der Waals surface area (Å²) in [5, 5.41) is 3.58. The Morgan fingerprint density at radius 2 is 1.95 bits per heavy atom. The molecule has 1 aromatic rings. The van der Waals surface area contributed by atoms with Crippen LogP contribution in [0.5, 0.6) is 0 Å². The molecular weight excluding hydrogens is 270 g/mol. The second-order valence-corrected chi connectivity index (χ2v) is 6.77. The maximum atomic E-state index is 13.9. The number of hydrogen-bond donors (Lipinski definition) is 1. The second-order valence-electron chi connectivity index (χ2n) is 6.77. The van der Waals surface area contributed by atoms with Crippen LogP contribution in [-0.2, 0) is 6.54 Å². The van der Waals surface area contributed by atoms with Crippen LogP contribution in [0, 0.1) is 17.6 Å². The number of rotatable bonds is 4. The van der Waals surface area contributed by atoms with Crippen molar-refractivity contribution in [2.24, 2.45) is 5.92 Å². The maximum absolute atomic E-state index is 13.9. The quantitative estimate of drug-likeness (QED) is 0.914. The van der Waals surface area contributed by atoms with Crippen molar-refractivity contribution < 1.29 is 8.78 Å². The predicted molar refractivity (Wildman–Crippen MR) is 82.1 cm³/mol. The van der Waals surface area contributed by atoms with Crippen LogP contribution in [0.4, 0.5) is 8.78 Å². The van der Waals surface area contributed by atoms with E-state index < -0.39 is 11.6 Å². The Kier molecular flexibility index (Phi) is 4.99. The van der Waals surface area contributed by atoms with Gasteiger partial charge in [0.05, 0.1) is 0 Å². The van der Waals surface area contributed by atoms with Gasteiger partial charge in [-0.3, -0.25) is 4.90 Å². The average molecular weight is 296 g/mol. The number of nitrogens with zero attached hydrogens (tertiary/aromatic N) is 1. The SMILES string of the molecule is CCC(C)C1CN(Cc2c(F)cccc2F)C(C)(C)CN1. The standard InChI is InChI=1S/C17H26F2N2/c1-5-12(2)16-10-21(17(3,4)11-20-16)9-13-14(18)7-6-8-15(13)19/h6-8,12,16,20H,5,9-11H2,1-4H3. The van der Waals surface area contributed by atoms with Gasteiger partial charge in [0.2, 0.25) is 0 Å². The molecule has 0 spiro atoms. The van der Waals surface area contributed by atoms with Crippen molar-refractivity contribution in [3.05, 3.63) is 35.4 Å². The lowest BCUT2D eigenvalue weighted by Gasteiger charge is -2.47. The molecule has 0 radical (unpaired) electrons. The lowest BCUT2D eigenvalue weighted by molar-refractivity contribution is 0.0430. The van der Waals surface area contributed by atoms with Gasteiger partial charge in [-0.1, -0.05) is 26.3 Å². The Balaban J connectivity index is 2.19. The first-order valence-electron chi connectivity index (χ1n) is 7.76. The van der Waals surface area contributed by atoms with Crippen LogP contribution in [0.25, 0.3) is 0 Å². The van der Waals surface area contributed by atoms with Gasteiger partial charge in [-0.2, -0.15) is 0 Å². The number of hydrogen-bond acceptors (Lipinski definition) is 2. The van der Waals surface area contributed by atoms with Crippen molar-refractivity contribution in [1.29, 1.82) is 0 Å². The molecule has 2 nitrogen and oxygen atoms in total. The first-order valence-corrected chi connectivity index (χ1v) is 7.76. The molecule has 1 fully saturated rings. The minimum absolute atomic E-state index is 0.112. The van der Waals surface area contributed by atoms with Gasteiger partial charge in [-0.15, -0.1) is 0 Å². The first kappa shape index (κ1) is 16.4. The Hall–Kier alpha value is -1.00. The molecule has 2 rings (SSSR count). The van der Waals surface area contributed by atoms with Crippen LogP contribution in [0.2, 0.25) is 0 Å².